The first kappa shape index (κ1) is 15.1. The number of aromatic nitrogens is 1. The molecule has 1 heterocycles. The molecule has 0 aliphatic carbocycles. The van der Waals surface area contributed by atoms with Gasteiger partial charge in [0.2, 0.25) is 0 Å². The van der Waals surface area contributed by atoms with Gasteiger partial charge in [0.25, 0.3) is 0 Å². The Labute approximate surface area is 128 Å². The van der Waals surface area contributed by atoms with Crippen LogP contribution in [0.2, 0.25) is 10.0 Å². The lowest BCUT2D eigenvalue weighted by atomic mass is 10.0. The van der Waals surface area contributed by atoms with Gasteiger partial charge in [0.1, 0.15) is 5.75 Å². The largest absolute Gasteiger partial charge is 0.494 e. The first-order chi connectivity index (χ1) is 9.67. The summed E-state index contributed by atoms with van der Waals surface area (Å²) in [6.45, 7) is 2.56. The minimum Gasteiger partial charge on any atom is -0.494 e. The molecule has 2 aromatic rings. The van der Waals surface area contributed by atoms with Crippen LogP contribution in [0.15, 0.2) is 36.5 Å². The van der Waals surface area contributed by atoms with Crippen molar-refractivity contribution in [3.63, 3.8) is 0 Å². The van der Waals surface area contributed by atoms with Crippen molar-refractivity contribution < 1.29 is 4.74 Å². The Kier molecular flexibility index (Phi) is 5.24. The Morgan fingerprint density at radius 3 is 2.70 bits per heavy atom. The Morgan fingerprint density at radius 2 is 2.05 bits per heavy atom. The number of hydrogen-bond acceptors (Lipinski definition) is 3. The maximum Gasteiger partial charge on any atom is 0.124 e. The van der Waals surface area contributed by atoms with Crippen molar-refractivity contribution in [2.24, 2.45) is 0 Å². The molecule has 0 bridgehead atoms. The Morgan fingerprint density at radius 1 is 1.30 bits per heavy atom. The monoisotopic (exact) mass is 310 g/mol. The van der Waals surface area contributed by atoms with Crippen LogP contribution < -0.4 is 10.1 Å². The van der Waals surface area contributed by atoms with Crippen LogP contribution in [0.3, 0.4) is 0 Å². The van der Waals surface area contributed by atoms with E-state index in [4.69, 9.17) is 27.9 Å². The fourth-order valence-electron chi connectivity index (χ4n) is 2.08. The number of para-hydroxylation sites is 1. The predicted octanol–water partition coefficient (Wildman–Crippen LogP) is 4.10. The minimum atomic E-state index is -0.150. The number of nitrogens with zero attached hydrogens (tertiary/aromatic N) is 1. The highest BCUT2D eigenvalue weighted by atomic mass is 35.5. The molecule has 1 aromatic carbocycles. The van der Waals surface area contributed by atoms with Gasteiger partial charge < -0.3 is 10.1 Å². The third-order valence-corrected chi connectivity index (χ3v) is 3.44. The second-order valence-electron chi connectivity index (χ2n) is 4.21. The second-order valence-corrected chi connectivity index (χ2v) is 5.06. The Hall–Kier alpha value is -1.29. The number of pyridine rings is 1. The summed E-state index contributed by atoms with van der Waals surface area (Å²) in [6, 6.07) is 9.39. The van der Waals surface area contributed by atoms with Crippen LogP contribution in [-0.4, -0.2) is 18.6 Å². The lowest BCUT2D eigenvalue weighted by Crippen LogP contribution is -2.20. The van der Waals surface area contributed by atoms with E-state index in [1.54, 1.807) is 12.3 Å². The van der Waals surface area contributed by atoms with E-state index in [1.807, 2.05) is 38.2 Å². The first-order valence-corrected chi connectivity index (χ1v) is 7.13. The number of rotatable bonds is 5. The highest BCUT2D eigenvalue weighted by molar-refractivity contribution is 6.34. The van der Waals surface area contributed by atoms with Crippen molar-refractivity contribution in [1.82, 2.24) is 10.3 Å². The summed E-state index contributed by atoms with van der Waals surface area (Å²) in [5.41, 5.74) is 1.72. The smallest absolute Gasteiger partial charge is 0.124 e. The third kappa shape index (κ3) is 3.23. The molecule has 3 nitrogen and oxygen atoms in total. The molecule has 0 aliphatic heterocycles. The van der Waals surface area contributed by atoms with E-state index in [0.29, 0.717) is 16.7 Å². The van der Waals surface area contributed by atoms with Crippen molar-refractivity contribution in [2.45, 2.75) is 13.0 Å². The number of benzene rings is 1. The SMILES string of the molecule is CCOc1ccccc1C(NC)c1ncc(Cl)cc1Cl. The van der Waals surface area contributed by atoms with Crippen LogP contribution in [0.1, 0.15) is 24.2 Å². The molecule has 0 saturated carbocycles. The summed E-state index contributed by atoms with van der Waals surface area (Å²) in [4.78, 5) is 4.34. The summed E-state index contributed by atoms with van der Waals surface area (Å²) < 4.78 is 5.67. The summed E-state index contributed by atoms with van der Waals surface area (Å²) >= 11 is 12.2. The maximum absolute atomic E-state index is 6.25. The van der Waals surface area contributed by atoms with Crippen molar-refractivity contribution in [3.8, 4) is 5.75 Å². The summed E-state index contributed by atoms with van der Waals surface area (Å²) in [5.74, 6) is 0.821. The van der Waals surface area contributed by atoms with Gasteiger partial charge in [-0.05, 0) is 26.1 Å². The molecular weight excluding hydrogens is 295 g/mol. The molecule has 5 heteroatoms. The topological polar surface area (TPSA) is 34.1 Å². The molecular formula is C15H16Cl2N2O. The first-order valence-electron chi connectivity index (χ1n) is 6.37. The second kappa shape index (κ2) is 6.93. The zero-order valence-corrected chi connectivity index (χ0v) is 12.9. The molecule has 106 valence electrons. The minimum absolute atomic E-state index is 0.150. The molecule has 1 N–H and O–H groups in total. The van der Waals surface area contributed by atoms with Crippen molar-refractivity contribution >= 4 is 23.2 Å². The zero-order valence-electron chi connectivity index (χ0n) is 11.4. The Balaban J connectivity index is 2.47. The lowest BCUT2D eigenvalue weighted by Gasteiger charge is -2.20. The van der Waals surface area contributed by atoms with Gasteiger partial charge in [0.05, 0.1) is 28.4 Å². The molecule has 0 saturated heterocycles. The summed E-state index contributed by atoms with van der Waals surface area (Å²) in [6.07, 6.45) is 1.59. The molecule has 1 unspecified atom stereocenters. The molecule has 1 atom stereocenters. The average molecular weight is 311 g/mol. The van der Waals surface area contributed by atoms with Gasteiger partial charge in [-0.25, -0.2) is 0 Å². The van der Waals surface area contributed by atoms with E-state index in [-0.39, 0.29) is 6.04 Å². The van der Waals surface area contributed by atoms with Gasteiger partial charge in [-0.1, -0.05) is 41.4 Å². The highest BCUT2D eigenvalue weighted by Crippen LogP contribution is 2.33. The van der Waals surface area contributed by atoms with Gasteiger partial charge in [-0.3, -0.25) is 4.98 Å². The molecule has 0 spiro atoms. The third-order valence-electron chi connectivity index (χ3n) is 2.93. The highest BCUT2D eigenvalue weighted by Gasteiger charge is 2.20. The summed E-state index contributed by atoms with van der Waals surface area (Å²) in [5, 5.41) is 4.27. The van der Waals surface area contributed by atoms with Gasteiger partial charge in [-0.2, -0.15) is 0 Å². The normalized spacial score (nSPS) is 12.2. The number of halogens is 2. The molecule has 20 heavy (non-hydrogen) atoms. The molecule has 0 fully saturated rings. The molecule has 0 amide bonds. The lowest BCUT2D eigenvalue weighted by molar-refractivity contribution is 0.334. The fourth-order valence-corrected chi connectivity index (χ4v) is 2.57. The standard InChI is InChI=1S/C15H16Cl2N2O/c1-3-20-13-7-5-4-6-11(13)14(18-2)15-12(17)8-10(16)9-19-15/h4-9,14,18H,3H2,1-2H3. The fraction of sp³-hybridized carbons (Fsp3) is 0.267. The quantitative estimate of drug-likeness (QED) is 0.903. The van der Waals surface area contributed by atoms with Crippen LogP contribution in [0, 0.1) is 0 Å². The summed E-state index contributed by atoms with van der Waals surface area (Å²) in [7, 11) is 1.86. The number of ether oxygens (including phenoxy) is 1. The van der Waals surface area contributed by atoms with E-state index in [0.717, 1.165) is 17.0 Å². The van der Waals surface area contributed by atoms with E-state index >= 15 is 0 Å². The van der Waals surface area contributed by atoms with E-state index in [2.05, 4.69) is 10.3 Å². The van der Waals surface area contributed by atoms with Crippen LogP contribution in [-0.2, 0) is 0 Å². The molecule has 0 radical (unpaired) electrons. The number of hydrogen-bond donors (Lipinski definition) is 1. The van der Waals surface area contributed by atoms with Crippen molar-refractivity contribution in [1.29, 1.82) is 0 Å². The average Bonchev–Trinajstić information content (AvgIpc) is 2.44. The van der Waals surface area contributed by atoms with E-state index < -0.39 is 0 Å². The molecule has 1 aromatic heterocycles. The van der Waals surface area contributed by atoms with Crippen LogP contribution in [0.4, 0.5) is 0 Å². The molecule has 2 rings (SSSR count). The zero-order chi connectivity index (χ0) is 14.5. The van der Waals surface area contributed by atoms with Gasteiger partial charge >= 0.3 is 0 Å². The van der Waals surface area contributed by atoms with Gasteiger partial charge in [0, 0.05) is 11.8 Å². The van der Waals surface area contributed by atoms with Crippen LogP contribution in [0.5, 0.6) is 5.75 Å². The van der Waals surface area contributed by atoms with E-state index in [9.17, 15) is 0 Å². The van der Waals surface area contributed by atoms with Gasteiger partial charge in [0.15, 0.2) is 0 Å². The van der Waals surface area contributed by atoms with Crippen LogP contribution >= 0.6 is 23.2 Å². The van der Waals surface area contributed by atoms with Gasteiger partial charge in [-0.15, -0.1) is 0 Å². The predicted molar refractivity (Wildman–Crippen MR) is 82.8 cm³/mol. The number of nitrogens with one attached hydrogen (secondary N) is 1. The maximum atomic E-state index is 6.25. The van der Waals surface area contributed by atoms with Crippen molar-refractivity contribution in [2.75, 3.05) is 13.7 Å². The van der Waals surface area contributed by atoms with E-state index in [1.165, 1.54) is 0 Å². The molecule has 0 aliphatic rings. The van der Waals surface area contributed by atoms with Crippen LogP contribution in [0.25, 0.3) is 0 Å². The van der Waals surface area contributed by atoms with Crippen molar-refractivity contribution in [3.05, 3.63) is 57.8 Å². The Bertz CT molecular complexity index is 590.